The van der Waals surface area contributed by atoms with Gasteiger partial charge in [-0.2, -0.15) is 10.2 Å². The Labute approximate surface area is 210 Å². The van der Waals surface area contributed by atoms with E-state index in [1.54, 1.807) is 18.2 Å². The quantitative estimate of drug-likeness (QED) is 0.365. The molecule has 5 rings (SSSR count). The molecule has 0 atom stereocenters. The minimum absolute atomic E-state index is 0.0795. The summed E-state index contributed by atoms with van der Waals surface area (Å²) in [5.41, 5.74) is 7.52. The second-order valence-electron chi connectivity index (χ2n) is 8.59. The van der Waals surface area contributed by atoms with Gasteiger partial charge in [-0.3, -0.25) is 14.3 Å². The van der Waals surface area contributed by atoms with Crippen LogP contribution in [0.1, 0.15) is 11.1 Å². The number of nitrogen functional groups attached to an aromatic ring is 1. The number of nitrogens with zero attached hydrogens (tertiary/aromatic N) is 4. The van der Waals surface area contributed by atoms with Crippen molar-refractivity contribution < 1.29 is 31.5 Å². The van der Waals surface area contributed by atoms with Gasteiger partial charge < -0.3 is 15.4 Å². The van der Waals surface area contributed by atoms with Crippen LogP contribution in [0.5, 0.6) is 5.75 Å². The van der Waals surface area contributed by atoms with E-state index in [-0.39, 0.29) is 34.7 Å². The second-order valence-corrected chi connectivity index (χ2v) is 8.59. The molecule has 3 heterocycles. The number of fused-ring (bicyclic) bond motifs is 2. The Kier molecular flexibility index (Phi) is 6.25. The summed E-state index contributed by atoms with van der Waals surface area (Å²) in [6.45, 7) is -0.480. The standard InChI is InChI=1S/C24H19F5N6O3/c25-17(26)11-35-21-19(22(30)31-32-23(21)37)20(33-35)14-4-5-16-13(10-14)6-7-34(16)18(36)9-12-2-1-3-15(8-12)38-24(27,28)29/h1-5,8,10,17H,6-7,9,11H2,(H2,30,31)(H,32,37). The molecule has 2 aromatic heterocycles. The molecule has 0 saturated heterocycles. The molecule has 0 saturated carbocycles. The van der Waals surface area contributed by atoms with E-state index in [1.165, 1.54) is 17.0 Å². The van der Waals surface area contributed by atoms with Gasteiger partial charge in [0.05, 0.1) is 11.8 Å². The van der Waals surface area contributed by atoms with Gasteiger partial charge in [0.25, 0.3) is 12.0 Å². The van der Waals surface area contributed by atoms with Gasteiger partial charge in [0.15, 0.2) is 5.82 Å². The molecule has 1 aliphatic heterocycles. The average Bonchev–Trinajstić information content (AvgIpc) is 3.42. The smallest absolute Gasteiger partial charge is 0.406 e. The zero-order valence-corrected chi connectivity index (χ0v) is 19.4. The summed E-state index contributed by atoms with van der Waals surface area (Å²) in [6, 6.07) is 10.2. The number of anilines is 2. The van der Waals surface area contributed by atoms with Crippen LogP contribution in [0.3, 0.4) is 0 Å². The van der Waals surface area contributed by atoms with Gasteiger partial charge in [-0.25, -0.2) is 13.9 Å². The van der Waals surface area contributed by atoms with Crippen molar-refractivity contribution in [1.82, 2.24) is 20.0 Å². The maximum absolute atomic E-state index is 13.1. The van der Waals surface area contributed by atoms with Crippen LogP contribution in [0.15, 0.2) is 47.3 Å². The van der Waals surface area contributed by atoms with Gasteiger partial charge in [0.2, 0.25) is 5.91 Å². The van der Waals surface area contributed by atoms with Crippen molar-refractivity contribution in [3.8, 4) is 17.0 Å². The van der Waals surface area contributed by atoms with Gasteiger partial charge in [0.1, 0.15) is 23.5 Å². The number of H-pyrrole nitrogens is 1. The molecule has 0 spiro atoms. The maximum atomic E-state index is 13.1. The van der Waals surface area contributed by atoms with Crippen molar-refractivity contribution in [1.29, 1.82) is 0 Å². The van der Waals surface area contributed by atoms with E-state index >= 15 is 0 Å². The summed E-state index contributed by atoms with van der Waals surface area (Å²) in [4.78, 5) is 26.9. The highest BCUT2D eigenvalue weighted by Gasteiger charge is 2.31. The first-order valence-electron chi connectivity index (χ1n) is 11.3. The summed E-state index contributed by atoms with van der Waals surface area (Å²) in [5.74, 6) is -0.822. The molecular formula is C24H19F5N6O3. The Morgan fingerprint density at radius 3 is 2.71 bits per heavy atom. The van der Waals surface area contributed by atoms with E-state index in [4.69, 9.17) is 5.73 Å². The summed E-state index contributed by atoms with van der Waals surface area (Å²) in [6.07, 6.45) is -7.29. The van der Waals surface area contributed by atoms with E-state index in [0.29, 0.717) is 29.8 Å². The van der Waals surface area contributed by atoms with Crippen molar-refractivity contribution in [3.63, 3.8) is 0 Å². The number of aromatic nitrogens is 4. The Bertz CT molecular complexity index is 1600. The number of halogens is 5. The molecule has 38 heavy (non-hydrogen) atoms. The fourth-order valence-electron chi connectivity index (χ4n) is 4.55. The lowest BCUT2D eigenvalue weighted by Gasteiger charge is -2.18. The SMILES string of the molecule is Nc1n[nH]c(=O)c2c1c(-c1ccc3c(c1)CCN3C(=O)Cc1cccc(OC(F)(F)F)c1)nn2CC(F)F. The number of carbonyl (C=O) groups excluding carboxylic acids is 1. The molecule has 2 aromatic carbocycles. The van der Waals surface area contributed by atoms with Crippen LogP contribution in [0.4, 0.5) is 33.5 Å². The number of hydrogen-bond acceptors (Lipinski definition) is 6. The molecule has 14 heteroatoms. The van der Waals surface area contributed by atoms with Crippen LogP contribution < -0.4 is 20.9 Å². The summed E-state index contributed by atoms with van der Waals surface area (Å²) in [5, 5.41) is 10.3. The molecule has 1 aliphatic rings. The predicted molar refractivity (Wildman–Crippen MR) is 127 cm³/mol. The number of carbonyl (C=O) groups is 1. The van der Waals surface area contributed by atoms with Gasteiger partial charge >= 0.3 is 6.36 Å². The lowest BCUT2D eigenvalue weighted by Crippen LogP contribution is -2.30. The minimum Gasteiger partial charge on any atom is -0.406 e. The third-order valence-electron chi connectivity index (χ3n) is 6.05. The normalized spacial score (nSPS) is 13.4. The number of aromatic amines is 1. The average molecular weight is 534 g/mol. The van der Waals surface area contributed by atoms with Gasteiger partial charge in [0, 0.05) is 17.8 Å². The van der Waals surface area contributed by atoms with Gasteiger partial charge in [-0.1, -0.05) is 18.2 Å². The molecule has 3 N–H and O–H groups in total. The molecule has 9 nitrogen and oxygen atoms in total. The molecule has 1 amide bonds. The van der Waals surface area contributed by atoms with Crippen LogP contribution in [0.25, 0.3) is 22.2 Å². The summed E-state index contributed by atoms with van der Waals surface area (Å²) < 4.78 is 68.6. The molecule has 0 radical (unpaired) electrons. The number of amides is 1. The van der Waals surface area contributed by atoms with Crippen LogP contribution in [-0.4, -0.2) is 45.2 Å². The molecular weight excluding hydrogens is 515 g/mol. The zero-order chi connectivity index (χ0) is 27.2. The van der Waals surface area contributed by atoms with Crippen LogP contribution >= 0.6 is 0 Å². The summed E-state index contributed by atoms with van der Waals surface area (Å²) in [7, 11) is 0. The highest BCUT2D eigenvalue weighted by molar-refractivity contribution is 6.01. The Hall–Kier alpha value is -4.49. The van der Waals surface area contributed by atoms with Crippen molar-refractivity contribution >= 4 is 28.3 Å². The highest BCUT2D eigenvalue weighted by Crippen LogP contribution is 2.36. The molecule has 198 valence electrons. The van der Waals surface area contributed by atoms with Crippen molar-refractivity contribution in [3.05, 3.63) is 63.9 Å². The Morgan fingerprint density at radius 1 is 1.18 bits per heavy atom. The van der Waals surface area contributed by atoms with Crippen molar-refractivity contribution in [2.75, 3.05) is 17.2 Å². The third-order valence-corrected chi connectivity index (χ3v) is 6.05. The second kappa shape index (κ2) is 9.43. The lowest BCUT2D eigenvalue weighted by molar-refractivity contribution is -0.274. The van der Waals surface area contributed by atoms with Gasteiger partial charge in [-0.05, 0) is 41.8 Å². The Balaban J connectivity index is 1.43. The van der Waals surface area contributed by atoms with Crippen molar-refractivity contribution in [2.24, 2.45) is 0 Å². The van der Waals surface area contributed by atoms with Crippen molar-refractivity contribution in [2.45, 2.75) is 32.2 Å². The first-order chi connectivity index (χ1) is 18.0. The number of benzene rings is 2. The zero-order valence-electron chi connectivity index (χ0n) is 19.4. The Morgan fingerprint density at radius 2 is 1.97 bits per heavy atom. The minimum atomic E-state index is -4.84. The third kappa shape index (κ3) is 4.88. The number of alkyl halides is 5. The highest BCUT2D eigenvalue weighted by atomic mass is 19.4. The van der Waals surface area contributed by atoms with Crippen LogP contribution in [-0.2, 0) is 24.2 Å². The lowest BCUT2D eigenvalue weighted by atomic mass is 10.0. The molecule has 0 unspecified atom stereocenters. The van der Waals surface area contributed by atoms with E-state index in [0.717, 1.165) is 22.4 Å². The maximum Gasteiger partial charge on any atom is 0.573 e. The number of rotatable bonds is 6. The summed E-state index contributed by atoms with van der Waals surface area (Å²) >= 11 is 0. The van der Waals surface area contributed by atoms with Crippen LogP contribution in [0, 0.1) is 0 Å². The number of hydrogen-bond donors (Lipinski definition) is 2. The van der Waals surface area contributed by atoms with E-state index < -0.39 is 30.6 Å². The fraction of sp³-hybridized carbons (Fsp3) is 0.250. The molecule has 0 bridgehead atoms. The number of nitrogens with one attached hydrogen (secondary N) is 1. The first kappa shape index (κ1) is 25.2. The van der Waals surface area contributed by atoms with E-state index in [9.17, 15) is 31.5 Å². The largest absolute Gasteiger partial charge is 0.573 e. The predicted octanol–water partition coefficient (Wildman–Crippen LogP) is 3.66. The fourth-order valence-corrected chi connectivity index (χ4v) is 4.55. The monoisotopic (exact) mass is 534 g/mol. The number of ether oxygens (including phenoxy) is 1. The molecule has 0 aliphatic carbocycles. The van der Waals surface area contributed by atoms with Gasteiger partial charge in [-0.15, -0.1) is 13.2 Å². The number of nitrogens with two attached hydrogens (primary N) is 1. The molecule has 0 fully saturated rings. The molecule has 4 aromatic rings. The van der Waals surface area contributed by atoms with E-state index in [1.807, 2.05) is 0 Å². The van der Waals surface area contributed by atoms with Crippen LogP contribution in [0.2, 0.25) is 0 Å². The topological polar surface area (TPSA) is 119 Å². The first-order valence-corrected chi connectivity index (χ1v) is 11.3. The van der Waals surface area contributed by atoms with E-state index in [2.05, 4.69) is 20.0 Å².